The maximum Gasteiger partial charge on any atom is 0.303 e. The summed E-state index contributed by atoms with van der Waals surface area (Å²) in [4.78, 5) is 18.6. The van der Waals surface area contributed by atoms with E-state index >= 15 is 0 Å². The highest BCUT2D eigenvalue weighted by Crippen LogP contribution is 1.92. The number of benzene rings is 1. The topological polar surface area (TPSA) is 74.6 Å². The van der Waals surface area contributed by atoms with Crippen molar-refractivity contribution in [2.75, 3.05) is 0 Å². The Labute approximate surface area is 102 Å². The van der Waals surface area contributed by atoms with E-state index < -0.39 is 11.9 Å². The number of rotatable bonds is 2. The van der Waals surface area contributed by atoms with Crippen LogP contribution in [0, 0.1) is 6.92 Å². The molecule has 0 aromatic heterocycles. The Balaban J connectivity index is 0. The zero-order valence-corrected chi connectivity index (χ0v) is 10.5. The van der Waals surface area contributed by atoms with Gasteiger partial charge in [0, 0.05) is 13.3 Å². The highest BCUT2D eigenvalue weighted by Gasteiger charge is 1.87. The normalized spacial score (nSPS) is 7.94. The first kappa shape index (κ1) is 17.6. The van der Waals surface area contributed by atoms with Gasteiger partial charge in [-0.3, -0.25) is 9.59 Å². The summed E-state index contributed by atoms with van der Waals surface area (Å²) in [6, 6.07) is 10.3. The predicted molar refractivity (Wildman–Crippen MR) is 67.0 cm³/mol. The van der Waals surface area contributed by atoms with E-state index in [4.69, 9.17) is 15.0 Å². The molecule has 96 valence electrons. The summed E-state index contributed by atoms with van der Waals surface area (Å²) in [5.74, 6) is -1.54. The highest BCUT2D eigenvalue weighted by atomic mass is 16.4. The summed E-state index contributed by atoms with van der Waals surface area (Å²) in [7, 11) is 0. The van der Waals surface area contributed by atoms with Crippen LogP contribution in [0.1, 0.15) is 32.3 Å². The molecule has 0 saturated carbocycles. The fraction of sp³-hybridized carbons (Fsp3) is 0.385. The van der Waals surface area contributed by atoms with Gasteiger partial charge in [0.15, 0.2) is 0 Å². The van der Waals surface area contributed by atoms with Crippen LogP contribution in [0.3, 0.4) is 0 Å². The van der Waals surface area contributed by atoms with E-state index in [1.807, 2.05) is 25.1 Å². The lowest BCUT2D eigenvalue weighted by atomic mass is 10.2. The fourth-order valence-electron chi connectivity index (χ4n) is 0.748. The molecule has 4 heteroatoms. The quantitative estimate of drug-likeness (QED) is 0.833. The Kier molecular flexibility index (Phi) is 12.6. The van der Waals surface area contributed by atoms with Crippen LogP contribution in [0.25, 0.3) is 0 Å². The first-order chi connectivity index (χ1) is 7.90. The Morgan fingerprint density at radius 1 is 1.12 bits per heavy atom. The minimum Gasteiger partial charge on any atom is -0.481 e. The maximum atomic E-state index is 9.60. The minimum absolute atomic E-state index is 0.292. The molecular weight excluding hydrogens is 220 g/mol. The first-order valence-electron chi connectivity index (χ1n) is 5.33. The van der Waals surface area contributed by atoms with Crippen LogP contribution in [-0.2, 0) is 9.59 Å². The Bertz CT molecular complexity index is 302. The molecule has 1 aromatic carbocycles. The van der Waals surface area contributed by atoms with Gasteiger partial charge in [-0.15, -0.1) is 0 Å². The molecule has 0 amide bonds. The van der Waals surface area contributed by atoms with Crippen LogP contribution in [0.2, 0.25) is 0 Å². The van der Waals surface area contributed by atoms with Crippen molar-refractivity contribution in [3.63, 3.8) is 0 Å². The molecule has 0 spiro atoms. The van der Waals surface area contributed by atoms with Crippen LogP contribution in [0.5, 0.6) is 0 Å². The first-order valence-corrected chi connectivity index (χ1v) is 5.33. The lowest BCUT2D eigenvalue weighted by molar-refractivity contribution is -0.137. The molecule has 1 rings (SSSR count). The van der Waals surface area contributed by atoms with Gasteiger partial charge in [-0.25, -0.2) is 0 Å². The predicted octanol–water partition coefficient (Wildman–Crippen LogP) is 2.96. The SMILES string of the molecule is CC(=O)O.CCCC(=O)O.Cc1ccccc1. The highest BCUT2D eigenvalue weighted by molar-refractivity contribution is 5.66. The van der Waals surface area contributed by atoms with Crippen molar-refractivity contribution in [1.29, 1.82) is 0 Å². The van der Waals surface area contributed by atoms with Gasteiger partial charge in [0.1, 0.15) is 0 Å². The summed E-state index contributed by atoms with van der Waals surface area (Å²) >= 11 is 0. The van der Waals surface area contributed by atoms with Crippen molar-refractivity contribution in [2.24, 2.45) is 0 Å². The number of hydrogen-bond donors (Lipinski definition) is 2. The molecule has 4 nitrogen and oxygen atoms in total. The smallest absolute Gasteiger partial charge is 0.303 e. The summed E-state index contributed by atoms with van der Waals surface area (Å²) in [6.45, 7) is 5.01. The second kappa shape index (κ2) is 12.2. The molecular formula is C13H20O4. The molecule has 2 N–H and O–H groups in total. The molecule has 0 radical (unpaired) electrons. The third-order valence-electron chi connectivity index (χ3n) is 1.40. The van der Waals surface area contributed by atoms with Gasteiger partial charge in [-0.1, -0.05) is 42.8 Å². The van der Waals surface area contributed by atoms with Gasteiger partial charge in [0.25, 0.3) is 5.97 Å². The summed E-state index contributed by atoms with van der Waals surface area (Å²) in [6.07, 6.45) is 1.02. The Morgan fingerprint density at radius 3 is 1.65 bits per heavy atom. The second-order valence-corrected chi connectivity index (χ2v) is 3.32. The third-order valence-corrected chi connectivity index (χ3v) is 1.40. The second-order valence-electron chi connectivity index (χ2n) is 3.32. The van der Waals surface area contributed by atoms with E-state index in [2.05, 4.69) is 19.1 Å². The Morgan fingerprint density at radius 2 is 1.53 bits per heavy atom. The van der Waals surface area contributed by atoms with Crippen molar-refractivity contribution in [2.45, 2.75) is 33.6 Å². The number of hydrogen-bond acceptors (Lipinski definition) is 2. The summed E-state index contributed by atoms with van der Waals surface area (Å²) < 4.78 is 0. The lowest BCUT2D eigenvalue weighted by Gasteiger charge is -1.82. The van der Waals surface area contributed by atoms with Crippen molar-refractivity contribution >= 4 is 11.9 Å². The van der Waals surface area contributed by atoms with E-state index in [1.54, 1.807) is 0 Å². The van der Waals surface area contributed by atoms with Crippen molar-refractivity contribution in [3.05, 3.63) is 35.9 Å². The van der Waals surface area contributed by atoms with Gasteiger partial charge in [-0.2, -0.15) is 0 Å². The van der Waals surface area contributed by atoms with Crippen LogP contribution in [0.15, 0.2) is 30.3 Å². The number of aliphatic carboxylic acids is 2. The largest absolute Gasteiger partial charge is 0.481 e. The van der Waals surface area contributed by atoms with Crippen LogP contribution in [0.4, 0.5) is 0 Å². The third kappa shape index (κ3) is 25.0. The molecule has 0 fully saturated rings. The summed E-state index contributed by atoms with van der Waals surface area (Å²) in [5.41, 5.74) is 1.32. The van der Waals surface area contributed by atoms with Crippen molar-refractivity contribution in [1.82, 2.24) is 0 Å². The van der Waals surface area contributed by atoms with Crippen LogP contribution >= 0.6 is 0 Å². The number of aryl methyl sites for hydroxylation is 1. The molecule has 0 aliphatic carbocycles. The average molecular weight is 240 g/mol. The molecule has 0 heterocycles. The lowest BCUT2D eigenvalue weighted by Crippen LogP contribution is -1.90. The minimum atomic E-state index is -0.833. The van der Waals surface area contributed by atoms with E-state index in [0.29, 0.717) is 6.42 Å². The molecule has 0 aliphatic heterocycles. The van der Waals surface area contributed by atoms with Gasteiger partial charge in [0.05, 0.1) is 0 Å². The van der Waals surface area contributed by atoms with Crippen molar-refractivity contribution in [3.8, 4) is 0 Å². The van der Waals surface area contributed by atoms with Gasteiger partial charge in [0.2, 0.25) is 0 Å². The monoisotopic (exact) mass is 240 g/mol. The standard InChI is InChI=1S/C7H8.C4H8O2.C2H4O2/c1-7-5-3-2-4-6-7;1-2-3-4(5)6;1-2(3)4/h2-6H,1H3;2-3H2,1H3,(H,5,6);1H3,(H,3,4). The van der Waals surface area contributed by atoms with E-state index in [0.717, 1.165) is 13.3 Å². The van der Waals surface area contributed by atoms with E-state index in [-0.39, 0.29) is 0 Å². The molecule has 0 saturated heterocycles. The number of carboxylic acids is 2. The molecule has 0 bridgehead atoms. The molecule has 17 heavy (non-hydrogen) atoms. The molecule has 0 aliphatic rings. The Hall–Kier alpha value is -1.84. The zero-order valence-electron chi connectivity index (χ0n) is 10.5. The average Bonchev–Trinajstić information content (AvgIpc) is 2.18. The molecule has 0 atom stereocenters. The number of carbonyl (C=O) groups is 2. The molecule has 1 aromatic rings. The van der Waals surface area contributed by atoms with Gasteiger partial charge >= 0.3 is 5.97 Å². The van der Waals surface area contributed by atoms with E-state index in [1.165, 1.54) is 5.56 Å². The fourth-order valence-corrected chi connectivity index (χ4v) is 0.748. The van der Waals surface area contributed by atoms with Crippen LogP contribution in [-0.4, -0.2) is 22.2 Å². The molecule has 0 unspecified atom stereocenters. The summed E-state index contributed by atoms with van der Waals surface area (Å²) in [5, 5.41) is 15.3. The zero-order chi connectivity index (χ0) is 13.7. The van der Waals surface area contributed by atoms with Gasteiger partial charge < -0.3 is 10.2 Å². The maximum absolute atomic E-state index is 9.60. The number of carboxylic acid groups (broad SMARTS) is 2. The van der Waals surface area contributed by atoms with Crippen molar-refractivity contribution < 1.29 is 19.8 Å². The van der Waals surface area contributed by atoms with Gasteiger partial charge in [-0.05, 0) is 13.3 Å². The van der Waals surface area contributed by atoms with Crippen LogP contribution < -0.4 is 0 Å². The van der Waals surface area contributed by atoms with E-state index in [9.17, 15) is 4.79 Å².